The number of nitrogens with zero attached hydrogens (tertiary/aromatic N) is 1. The minimum atomic E-state index is -0.986. The van der Waals surface area contributed by atoms with Gasteiger partial charge in [0.2, 0.25) is 5.91 Å². The molecule has 0 saturated heterocycles. The zero-order chi connectivity index (χ0) is 16.3. The molecule has 2 aromatic rings. The minimum Gasteiger partial charge on any atom is -0.480 e. The topological polar surface area (TPSA) is 71.3 Å². The maximum absolute atomic E-state index is 12.2. The number of carbonyl (C=O) groups excluding carboxylic acids is 1. The van der Waals surface area contributed by atoms with E-state index in [4.69, 9.17) is 0 Å². The van der Waals surface area contributed by atoms with Gasteiger partial charge in [-0.05, 0) is 24.0 Å². The summed E-state index contributed by atoms with van der Waals surface area (Å²) in [6, 6.07) is 7.02. The monoisotopic (exact) mass is 302 g/mol. The number of hydrogen-bond acceptors (Lipinski definition) is 2. The molecule has 0 spiro atoms. The number of nitrogens with one attached hydrogen (secondary N) is 1. The van der Waals surface area contributed by atoms with Gasteiger partial charge in [0, 0.05) is 24.1 Å². The molecule has 22 heavy (non-hydrogen) atoms. The number of amides is 1. The molecule has 1 unspecified atom stereocenters. The van der Waals surface area contributed by atoms with Crippen molar-refractivity contribution in [3.63, 3.8) is 0 Å². The Bertz CT molecular complexity index is 688. The van der Waals surface area contributed by atoms with E-state index in [9.17, 15) is 14.7 Å². The van der Waals surface area contributed by atoms with Gasteiger partial charge in [-0.15, -0.1) is 0 Å². The van der Waals surface area contributed by atoms with Crippen LogP contribution in [0.25, 0.3) is 10.9 Å². The van der Waals surface area contributed by atoms with E-state index in [0.29, 0.717) is 6.42 Å². The van der Waals surface area contributed by atoms with Crippen molar-refractivity contribution in [1.82, 2.24) is 9.88 Å². The maximum Gasteiger partial charge on any atom is 0.326 e. The number of carboxylic acid groups (broad SMARTS) is 1. The van der Waals surface area contributed by atoms with Gasteiger partial charge in [-0.3, -0.25) is 4.79 Å². The van der Waals surface area contributed by atoms with Crippen molar-refractivity contribution in [1.29, 1.82) is 0 Å². The highest BCUT2D eigenvalue weighted by Gasteiger charge is 2.21. The van der Waals surface area contributed by atoms with E-state index in [1.807, 2.05) is 55.9 Å². The van der Waals surface area contributed by atoms with Gasteiger partial charge in [-0.1, -0.05) is 32.0 Å². The van der Waals surface area contributed by atoms with E-state index < -0.39 is 12.0 Å². The van der Waals surface area contributed by atoms with Gasteiger partial charge in [-0.25, -0.2) is 4.79 Å². The Balaban J connectivity index is 2.12. The Morgan fingerprint density at radius 1 is 1.27 bits per heavy atom. The molecule has 1 amide bonds. The second-order valence-corrected chi connectivity index (χ2v) is 6.05. The Morgan fingerprint density at radius 3 is 2.59 bits per heavy atom. The lowest BCUT2D eigenvalue weighted by molar-refractivity contribution is -0.142. The summed E-state index contributed by atoms with van der Waals surface area (Å²) in [6.07, 6.45) is 2.53. The number of fused-ring (bicyclic) bond motifs is 1. The van der Waals surface area contributed by atoms with Crippen LogP contribution in [0.1, 0.15) is 25.8 Å². The van der Waals surface area contributed by atoms with Crippen LogP contribution in [0.2, 0.25) is 0 Å². The van der Waals surface area contributed by atoms with Crippen molar-refractivity contribution < 1.29 is 14.7 Å². The van der Waals surface area contributed by atoms with E-state index in [2.05, 4.69) is 5.32 Å². The third-order valence-electron chi connectivity index (χ3n) is 3.67. The summed E-state index contributed by atoms with van der Waals surface area (Å²) in [4.78, 5) is 23.4. The lowest BCUT2D eigenvalue weighted by Crippen LogP contribution is -2.42. The highest BCUT2D eigenvalue weighted by molar-refractivity contribution is 5.90. The second-order valence-electron chi connectivity index (χ2n) is 6.05. The number of aliphatic carboxylic acids is 1. The fourth-order valence-electron chi connectivity index (χ4n) is 2.68. The lowest BCUT2D eigenvalue weighted by Gasteiger charge is -2.16. The van der Waals surface area contributed by atoms with Gasteiger partial charge in [0.25, 0.3) is 0 Å². The lowest BCUT2D eigenvalue weighted by atomic mass is 10.0. The van der Waals surface area contributed by atoms with Gasteiger partial charge < -0.3 is 15.0 Å². The second kappa shape index (κ2) is 6.64. The van der Waals surface area contributed by atoms with E-state index >= 15 is 0 Å². The first-order chi connectivity index (χ1) is 10.4. The van der Waals surface area contributed by atoms with Crippen molar-refractivity contribution in [2.45, 2.75) is 32.7 Å². The first-order valence-electron chi connectivity index (χ1n) is 7.43. The molecular formula is C17H22N2O3. The largest absolute Gasteiger partial charge is 0.480 e. The van der Waals surface area contributed by atoms with Crippen LogP contribution in [0.3, 0.4) is 0 Å². The van der Waals surface area contributed by atoms with E-state index in [0.717, 1.165) is 16.5 Å². The molecule has 0 aliphatic heterocycles. The molecule has 5 heteroatoms. The molecule has 2 rings (SSSR count). The molecular weight excluding hydrogens is 280 g/mol. The molecule has 0 aliphatic carbocycles. The summed E-state index contributed by atoms with van der Waals surface area (Å²) in [7, 11) is 1.93. The number of benzene rings is 1. The number of aryl methyl sites for hydroxylation is 1. The van der Waals surface area contributed by atoms with Crippen LogP contribution >= 0.6 is 0 Å². The zero-order valence-corrected chi connectivity index (χ0v) is 13.2. The van der Waals surface area contributed by atoms with Crippen molar-refractivity contribution in [2.24, 2.45) is 13.0 Å². The molecule has 0 saturated carbocycles. The van der Waals surface area contributed by atoms with Crippen LogP contribution in [0.15, 0.2) is 30.5 Å². The van der Waals surface area contributed by atoms with Gasteiger partial charge in [-0.2, -0.15) is 0 Å². The first kappa shape index (κ1) is 16.1. The quantitative estimate of drug-likeness (QED) is 0.860. The molecule has 1 aromatic carbocycles. The minimum absolute atomic E-state index is 0.184. The molecule has 0 radical (unpaired) electrons. The molecule has 0 fully saturated rings. The Morgan fingerprint density at radius 2 is 1.95 bits per heavy atom. The third kappa shape index (κ3) is 3.67. The Kier molecular flexibility index (Phi) is 4.85. The summed E-state index contributed by atoms with van der Waals surface area (Å²) in [6.45, 7) is 3.87. The number of para-hydroxylation sites is 1. The predicted octanol–water partition coefficient (Wildman–Crippen LogP) is 2.34. The molecule has 5 nitrogen and oxygen atoms in total. The van der Waals surface area contributed by atoms with Gasteiger partial charge >= 0.3 is 5.97 Å². The summed E-state index contributed by atoms with van der Waals surface area (Å²) in [5, 5.41) is 12.8. The molecule has 0 bridgehead atoms. The van der Waals surface area contributed by atoms with Crippen LogP contribution in [-0.2, 0) is 23.1 Å². The SMILES string of the molecule is CC(C)CC(NC(=O)Cc1cn(C)c2ccccc12)C(=O)O. The molecule has 1 atom stereocenters. The molecule has 2 N–H and O–H groups in total. The van der Waals surface area contributed by atoms with Gasteiger partial charge in [0.1, 0.15) is 6.04 Å². The average molecular weight is 302 g/mol. The van der Waals surface area contributed by atoms with Crippen LogP contribution < -0.4 is 5.32 Å². The van der Waals surface area contributed by atoms with Crippen molar-refractivity contribution in [3.8, 4) is 0 Å². The van der Waals surface area contributed by atoms with Crippen molar-refractivity contribution in [2.75, 3.05) is 0 Å². The summed E-state index contributed by atoms with van der Waals surface area (Å²) >= 11 is 0. The molecule has 1 aromatic heterocycles. The molecule has 1 heterocycles. The van der Waals surface area contributed by atoms with Crippen LogP contribution in [-0.4, -0.2) is 27.6 Å². The first-order valence-corrected chi connectivity index (χ1v) is 7.43. The standard InChI is InChI=1S/C17H22N2O3/c1-11(2)8-14(17(21)22)18-16(20)9-12-10-19(3)15-7-5-4-6-13(12)15/h4-7,10-11,14H,8-9H2,1-3H3,(H,18,20)(H,21,22). The number of hydrogen-bond donors (Lipinski definition) is 2. The Hall–Kier alpha value is -2.30. The predicted molar refractivity (Wildman–Crippen MR) is 85.6 cm³/mol. The smallest absolute Gasteiger partial charge is 0.326 e. The van der Waals surface area contributed by atoms with Crippen molar-refractivity contribution >= 4 is 22.8 Å². The summed E-state index contributed by atoms with van der Waals surface area (Å²) in [5.41, 5.74) is 1.96. The summed E-state index contributed by atoms with van der Waals surface area (Å²) in [5.74, 6) is -1.04. The molecule has 118 valence electrons. The Labute approximate surface area is 129 Å². The fourth-order valence-corrected chi connectivity index (χ4v) is 2.68. The zero-order valence-electron chi connectivity index (χ0n) is 13.2. The van der Waals surface area contributed by atoms with E-state index in [-0.39, 0.29) is 18.2 Å². The number of aromatic nitrogens is 1. The van der Waals surface area contributed by atoms with E-state index in [1.165, 1.54) is 0 Å². The number of carbonyl (C=O) groups is 2. The highest BCUT2D eigenvalue weighted by Crippen LogP contribution is 2.20. The highest BCUT2D eigenvalue weighted by atomic mass is 16.4. The third-order valence-corrected chi connectivity index (χ3v) is 3.67. The fraction of sp³-hybridized carbons (Fsp3) is 0.412. The van der Waals surface area contributed by atoms with Crippen LogP contribution in [0, 0.1) is 5.92 Å². The summed E-state index contributed by atoms with van der Waals surface area (Å²) < 4.78 is 1.97. The number of carboxylic acids is 1. The average Bonchev–Trinajstić information content (AvgIpc) is 2.74. The van der Waals surface area contributed by atoms with E-state index in [1.54, 1.807) is 0 Å². The van der Waals surface area contributed by atoms with Crippen LogP contribution in [0.5, 0.6) is 0 Å². The van der Waals surface area contributed by atoms with Gasteiger partial charge in [0.05, 0.1) is 6.42 Å². The number of rotatable bonds is 6. The van der Waals surface area contributed by atoms with Crippen molar-refractivity contribution in [3.05, 3.63) is 36.0 Å². The van der Waals surface area contributed by atoms with Gasteiger partial charge in [0.15, 0.2) is 0 Å². The normalized spacial score (nSPS) is 12.5. The molecule has 0 aliphatic rings. The maximum atomic E-state index is 12.2. The van der Waals surface area contributed by atoms with Crippen LogP contribution in [0.4, 0.5) is 0 Å².